The second kappa shape index (κ2) is 6.47. The van der Waals surface area contributed by atoms with Crippen molar-refractivity contribution in [1.29, 1.82) is 0 Å². The first kappa shape index (κ1) is 15.8. The number of hydrazine groups is 1. The zero-order valence-electron chi connectivity index (χ0n) is 12.9. The molecule has 0 amide bonds. The predicted octanol–water partition coefficient (Wildman–Crippen LogP) is 2.20. The van der Waals surface area contributed by atoms with E-state index in [1.54, 1.807) is 4.68 Å². The number of aryl methyl sites for hydroxylation is 2. The van der Waals surface area contributed by atoms with Crippen LogP contribution in [0.3, 0.4) is 0 Å². The lowest BCUT2D eigenvalue weighted by Gasteiger charge is -2.19. The average Bonchev–Trinajstić information content (AvgIpc) is 2.70. The van der Waals surface area contributed by atoms with Crippen LogP contribution in [0.5, 0.6) is 0 Å². The molecule has 114 valence electrons. The van der Waals surface area contributed by atoms with Gasteiger partial charge in [0, 0.05) is 32.4 Å². The number of benzene rings is 1. The Morgan fingerprint density at radius 1 is 1.43 bits per heavy atom. The van der Waals surface area contributed by atoms with Gasteiger partial charge in [0.25, 0.3) is 0 Å². The molecule has 2 aromatic rings. The number of nitrogens with one attached hydrogen (secondary N) is 1. The predicted molar refractivity (Wildman–Crippen MR) is 87.5 cm³/mol. The first-order chi connectivity index (χ1) is 9.93. The van der Waals surface area contributed by atoms with Crippen LogP contribution in [-0.2, 0) is 13.5 Å². The van der Waals surface area contributed by atoms with E-state index >= 15 is 0 Å². The van der Waals surface area contributed by atoms with Crippen molar-refractivity contribution >= 4 is 17.3 Å². The zero-order chi connectivity index (χ0) is 15.6. The van der Waals surface area contributed by atoms with Gasteiger partial charge in [-0.15, -0.1) is 0 Å². The van der Waals surface area contributed by atoms with Crippen LogP contribution in [0, 0.1) is 6.92 Å². The van der Waals surface area contributed by atoms with Crippen molar-refractivity contribution in [2.45, 2.75) is 19.4 Å². The summed E-state index contributed by atoms with van der Waals surface area (Å²) in [7, 11) is 5.88. The van der Waals surface area contributed by atoms with Crippen molar-refractivity contribution in [3.63, 3.8) is 0 Å². The third-order valence-corrected chi connectivity index (χ3v) is 4.14. The third kappa shape index (κ3) is 3.37. The zero-order valence-corrected chi connectivity index (χ0v) is 13.6. The van der Waals surface area contributed by atoms with Crippen LogP contribution in [-0.4, -0.2) is 23.9 Å². The molecular weight excluding hydrogens is 286 g/mol. The van der Waals surface area contributed by atoms with Gasteiger partial charge in [0.2, 0.25) is 0 Å². The smallest absolute Gasteiger partial charge is 0.130 e. The van der Waals surface area contributed by atoms with E-state index in [-0.39, 0.29) is 6.04 Å². The Bertz CT molecular complexity index is 621. The molecule has 6 heteroatoms. The molecule has 0 aliphatic heterocycles. The van der Waals surface area contributed by atoms with E-state index in [1.807, 2.05) is 34.1 Å². The summed E-state index contributed by atoms with van der Waals surface area (Å²) < 4.78 is 1.69. The summed E-state index contributed by atoms with van der Waals surface area (Å²) in [6, 6.07) is 8.29. The van der Waals surface area contributed by atoms with Gasteiger partial charge in [-0.25, -0.2) is 0 Å². The van der Waals surface area contributed by atoms with Crippen LogP contribution in [0.4, 0.5) is 5.69 Å². The van der Waals surface area contributed by atoms with Crippen LogP contribution >= 0.6 is 11.6 Å². The van der Waals surface area contributed by atoms with Gasteiger partial charge in [0.05, 0.1) is 11.7 Å². The summed E-state index contributed by atoms with van der Waals surface area (Å²) in [5.74, 6) is 5.75. The lowest BCUT2D eigenvalue weighted by atomic mass is 9.99. The van der Waals surface area contributed by atoms with Gasteiger partial charge in [-0.05, 0) is 31.0 Å². The van der Waals surface area contributed by atoms with E-state index in [0.717, 1.165) is 22.5 Å². The molecule has 0 saturated heterocycles. The van der Waals surface area contributed by atoms with Gasteiger partial charge in [-0.3, -0.25) is 16.0 Å². The summed E-state index contributed by atoms with van der Waals surface area (Å²) in [6.07, 6.45) is 0.700. The maximum Gasteiger partial charge on any atom is 0.130 e. The molecule has 0 spiro atoms. The Kier molecular flexibility index (Phi) is 4.88. The Balaban J connectivity index is 2.30. The van der Waals surface area contributed by atoms with E-state index in [2.05, 4.69) is 33.6 Å². The van der Waals surface area contributed by atoms with Crippen molar-refractivity contribution < 1.29 is 0 Å². The Morgan fingerprint density at radius 2 is 2.14 bits per heavy atom. The van der Waals surface area contributed by atoms with Gasteiger partial charge in [0.1, 0.15) is 5.15 Å². The molecule has 0 bridgehead atoms. The number of hydrogen-bond acceptors (Lipinski definition) is 4. The minimum absolute atomic E-state index is 0.00898. The maximum absolute atomic E-state index is 6.31. The maximum atomic E-state index is 6.31. The summed E-state index contributed by atoms with van der Waals surface area (Å²) in [4.78, 5) is 2.07. The van der Waals surface area contributed by atoms with Crippen LogP contribution in [0.25, 0.3) is 0 Å². The van der Waals surface area contributed by atoms with Crippen molar-refractivity contribution in [3.05, 3.63) is 46.2 Å². The highest BCUT2D eigenvalue weighted by Gasteiger charge is 2.18. The lowest BCUT2D eigenvalue weighted by molar-refractivity contribution is 0.551. The van der Waals surface area contributed by atoms with E-state index < -0.39 is 0 Å². The van der Waals surface area contributed by atoms with Gasteiger partial charge in [0.15, 0.2) is 0 Å². The first-order valence-corrected chi connectivity index (χ1v) is 7.23. The monoisotopic (exact) mass is 307 g/mol. The summed E-state index contributed by atoms with van der Waals surface area (Å²) >= 11 is 6.31. The quantitative estimate of drug-likeness (QED) is 0.657. The molecule has 0 fully saturated rings. The van der Waals surface area contributed by atoms with Crippen LogP contribution in [0.1, 0.15) is 22.9 Å². The normalized spacial score (nSPS) is 12.5. The first-order valence-electron chi connectivity index (χ1n) is 6.85. The van der Waals surface area contributed by atoms with Gasteiger partial charge in [-0.2, -0.15) is 5.10 Å². The summed E-state index contributed by atoms with van der Waals surface area (Å²) in [5.41, 5.74) is 7.11. The lowest BCUT2D eigenvalue weighted by Crippen LogP contribution is -2.30. The van der Waals surface area contributed by atoms with E-state index in [1.165, 1.54) is 0 Å². The Morgan fingerprint density at radius 3 is 2.67 bits per heavy atom. The fraction of sp³-hybridized carbons (Fsp3) is 0.400. The third-order valence-electron chi connectivity index (χ3n) is 3.67. The van der Waals surface area contributed by atoms with Crippen LogP contribution < -0.4 is 16.2 Å². The highest BCUT2D eigenvalue weighted by atomic mass is 35.5. The second-order valence-electron chi connectivity index (χ2n) is 5.39. The highest BCUT2D eigenvalue weighted by molar-refractivity contribution is 6.30. The molecule has 21 heavy (non-hydrogen) atoms. The number of hydrogen-bond donors (Lipinski definition) is 2. The molecule has 1 aromatic heterocycles. The Labute approximate surface area is 130 Å². The van der Waals surface area contributed by atoms with Crippen molar-refractivity contribution in [3.8, 4) is 0 Å². The van der Waals surface area contributed by atoms with Crippen LogP contribution in [0.15, 0.2) is 24.3 Å². The number of halogens is 1. The minimum Gasteiger partial charge on any atom is -0.378 e. The molecule has 1 unspecified atom stereocenters. The van der Waals surface area contributed by atoms with E-state index in [9.17, 15) is 0 Å². The van der Waals surface area contributed by atoms with Gasteiger partial charge in [-0.1, -0.05) is 23.7 Å². The standard InChI is InChI=1S/C15H22ClN5/c1-10-13(15(16)21(4)19-10)9-14(18-17)11-6-5-7-12(8-11)20(2)3/h5-8,14,18H,9,17H2,1-4H3. The molecule has 1 heterocycles. The van der Waals surface area contributed by atoms with Gasteiger partial charge < -0.3 is 4.90 Å². The number of rotatable bonds is 5. The number of nitrogens with zero attached hydrogens (tertiary/aromatic N) is 3. The van der Waals surface area contributed by atoms with E-state index in [0.29, 0.717) is 11.6 Å². The highest BCUT2D eigenvalue weighted by Crippen LogP contribution is 2.27. The fourth-order valence-corrected chi connectivity index (χ4v) is 2.65. The molecule has 1 aromatic carbocycles. The molecule has 1 atom stereocenters. The van der Waals surface area contributed by atoms with E-state index in [4.69, 9.17) is 17.4 Å². The number of nitrogens with two attached hydrogens (primary N) is 1. The molecule has 2 rings (SSSR count). The molecule has 3 N–H and O–H groups in total. The number of anilines is 1. The summed E-state index contributed by atoms with van der Waals surface area (Å²) in [5, 5.41) is 5.01. The number of aromatic nitrogens is 2. The van der Waals surface area contributed by atoms with Crippen LogP contribution in [0.2, 0.25) is 5.15 Å². The van der Waals surface area contributed by atoms with Crippen molar-refractivity contribution in [1.82, 2.24) is 15.2 Å². The minimum atomic E-state index is -0.00898. The van der Waals surface area contributed by atoms with Crippen molar-refractivity contribution in [2.75, 3.05) is 19.0 Å². The largest absolute Gasteiger partial charge is 0.378 e. The van der Waals surface area contributed by atoms with Gasteiger partial charge >= 0.3 is 0 Å². The summed E-state index contributed by atoms with van der Waals surface area (Å²) in [6.45, 7) is 1.96. The topological polar surface area (TPSA) is 59.1 Å². The average molecular weight is 308 g/mol. The molecule has 0 aliphatic rings. The molecular formula is C15H22ClN5. The molecule has 0 radical (unpaired) electrons. The van der Waals surface area contributed by atoms with Crippen molar-refractivity contribution in [2.24, 2.45) is 12.9 Å². The molecule has 0 aliphatic carbocycles. The SMILES string of the molecule is Cc1nn(C)c(Cl)c1CC(NN)c1cccc(N(C)C)c1. The molecule has 5 nitrogen and oxygen atoms in total. The second-order valence-corrected chi connectivity index (χ2v) is 5.75. The Hall–Kier alpha value is -1.56. The molecule has 0 saturated carbocycles. The fourth-order valence-electron chi connectivity index (χ4n) is 2.40.